The molecule has 0 bridgehead atoms. The van der Waals surface area contributed by atoms with Gasteiger partial charge in [-0.3, -0.25) is 4.68 Å². The van der Waals surface area contributed by atoms with Gasteiger partial charge in [0.1, 0.15) is 0 Å². The molecular formula is C17H16N2. The highest BCUT2D eigenvalue weighted by atomic mass is 15.3. The normalized spacial score (nSPS) is 11.5. The number of fused-ring (bicyclic) bond motifs is 1. The van der Waals surface area contributed by atoms with E-state index in [9.17, 15) is 0 Å². The van der Waals surface area contributed by atoms with Gasteiger partial charge in [0, 0.05) is 12.4 Å². The minimum atomic E-state index is 1.02. The summed E-state index contributed by atoms with van der Waals surface area (Å²) < 4.78 is 1.93. The van der Waals surface area contributed by atoms with Crippen LogP contribution >= 0.6 is 0 Å². The summed E-state index contributed by atoms with van der Waals surface area (Å²) in [5.41, 5.74) is 4.63. The Hall–Kier alpha value is -2.35. The Kier molecular flexibility index (Phi) is 2.92. The lowest BCUT2D eigenvalue weighted by atomic mass is 10.1. The largest absolute Gasteiger partial charge is 0.267 e. The van der Waals surface area contributed by atoms with Gasteiger partial charge in [0.2, 0.25) is 0 Å². The molecule has 0 fully saturated rings. The first-order valence-electron chi connectivity index (χ1n) is 6.40. The van der Waals surface area contributed by atoms with Crippen LogP contribution in [-0.4, -0.2) is 9.78 Å². The van der Waals surface area contributed by atoms with E-state index in [1.807, 2.05) is 29.9 Å². The highest BCUT2D eigenvalue weighted by molar-refractivity contribution is 5.90. The fraction of sp³-hybridized carbons (Fsp3) is 0.118. The second-order valence-electron chi connectivity index (χ2n) is 4.77. The molecule has 2 heteroatoms. The summed E-state index contributed by atoms with van der Waals surface area (Å²) in [6, 6.07) is 16.7. The lowest BCUT2D eigenvalue weighted by Gasteiger charge is -1.95. The average Bonchev–Trinajstić information content (AvgIpc) is 2.74. The van der Waals surface area contributed by atoms with Gasteiger partial charge >= 0.3 is 0 Å². The van der Waals surface area contributed by atoms with E-state index in [4.69, 9.17) is 0 Å². The quantitative estimate of drug-likeness (QED) is 0.669. The van der Waals surface area contributed by atoms with Gasteiger partial charge in [-0.2, -0.15) is 5.10 Å². The van der Waals surface area contributed by atoms with Crippen molar-refractivity contribution in [2.75, 3.05) is 0 Å². The van der Waals surface area contributed by atoms with Crippen LogP contribution in [0, 0.1) is 6.92 Å². The van der Waals surface area contributed by atoms with Crippen molar-refractivity contribution in [1.82, 2.24) is 9.78 Å². The third-order valence-corrected chi connectivity index (χ3v) is 3.27. The van der Waals surface area contributed by atoms with Gasteiger partial charge < -0.3 is 0 Å². The topological polar surface area (TPSA) is 17.8 Å². The third-order valence-electron chi connectivity index (χ3n) is 3.27. The van der Waals surface area contributed by atoms with E-state index in [-0.39, 0.29) is 0 Å². The fourth-order valence-corrected chi connectivity index (χ4v) is 2.27. The van der Waals surface area contributed by atoms with Gasteiger partial charge in [-0.25, -0.2) is 0 Å². The number of hydrogen-bond donors (Lipinski definition) is 0. The molecule has 0 spiro atoms. The van der Waals surface area contributed by atoms with E-state index >= 15 is 0 Å². The smallest absolute Gasteiger partial charge is 0.0929 e. The molecule has 0 N–H and O–H groups in total. The van der Waals surface area contributed by atoms with Crippen LogP contribution in [0.1, 0.15) is 16.8 Å². The Balaban J connectivity index is 2.06. The van der Waals surface area contributed by atoms with Gasteiger partial charge in [-0.1, -0.05) is 48.0 Å². The maximum atomic E-state index is 4.58. The molecule has 19 heavy (non-hydrogen) atoms. The molecular weight excluding hydrogens is 232 g/mol. The molecule has 0 amide bonds. The van der Waals surface area contributed by atoms with Gasteiger partial charge in [-0.15, -0.1) is 0 Å². The summed E-state index contributed by atoms with van der Waals surface area (Å²) >= 11 is 0. The zero-order valence-electron chi connectivity index (χ0n) is 11.2. The Bertz CT molecular complexity index is 737. The van der Waals surface area contributed by atoms with Crippen molar-refractivity contribution in [3.8, 4) is 0 Å². The summed E-state index contributed by atoms with van der Waals surface area (Å²) in [5.74, 6) is 0. The Morgan fingerprint density at radius 2 is 1.79 bits per heavy atom. The minimum absolute atomic E-state index is 1.02. The van der Waals surface area contributed by atoms with Crippen LogP contribution in [-0.2, 0) is 7.05 Å². The van der Waals surface area contributed by atoms with E-state index < -0.39 is 0 Å². The monoisotopic (exact) mass is 248 g/mol. The molecule has 0 saturated heterocycles. The molecule has 94 valence electrons. The van der Waals surface area contributed by atoms with Gasteiger partial charge in [0.15, 0.2) is 0 Å². The molecule has 3 rings (SSSR count). The predicted octanol–water partition coefficient (Wildman–Crippen LogP) is 4.05. The second-order valence-corrected chi connectivity index (χ2v) is 4.77. The maximum absolute atomic E-state index is 4.58. The van der Waals surface area contributed by atoms with Crippen LogP contribution in [0.4, 0.5) is 0 Å². The van der Waals surface area contributed by atoms with Gasteiger partial charge in [-0.05, 0) is 30.7 Å². The van der Waals surface area contributed by atoms with Crippen LogP contribution in [0.2, 0.25) is 0 Å². The van der Waals surface area contributed by atoms with E-state index in [2.05, 4.69) is 54.5 Å². The van der Waals surface area contributed by atoms with Crippen molar-refractivity contribution in [3.63, 3.8) is 0 Å². The highest BCUT2D eigenvalue weighted by Crippen LogP contribution is 2.21. The third kappa shape index (κ3) is 2.29. The summed E-state index contributed by atoms with van der Waals surface area (Å²) in [6.45, 7) is 2.11. The molecule has 0 aliphatic heterocycles. The van der Waals surface area contributed by atoms with Crippen molar-refractivity contribution in [1.29, 1.82) is 0 Å². The van der Waals surface area contributed by atoms with E-state index in [1.54, 1.807) is 0 Å². The van der Waals surface area contributed by atoms with Crippen LogP contribution in [0.25, 0.3) is 23.1 Å². The van der Waals surface area contributed by atoms with E-state index in [0.717, 1.165) is 5.69 Å². The summed E-state index contributed by atoms with van der Waals surface area (Å²) in [5, 5.41) is 5.78. The first kappa shape index (κ1) is 11.7. The fourth-order valence-electron chi connectivity index (χ4n) is 2.27. The summed E-state index contributed by atoms with van der Waals surface area (Å²) in [7, 11) is 1.98. The minimum Gasteiger partial charge on any atom is -0.267 e. The number of rotatable bonds is 2. The average molecular weight is 248 g/mol. The predicted molar refractivity (Wildman–Crippen MR) is 80.8 cm³/mol. The molecule has 0 atom stereocenters. The number of aryl methyl sites for hydroxylation is 2. The Morgan fingerprint density at radius 3 is 2.58 bits per heavy atom. The lowest BCUT2D eigenvalue weighted by Crippen LogP contribution is -1.89. The van der Waals surface area contributed by atoms with Crippen molar-refractivity contribution >= 4 is 23.1 Å². The number of benzene rings is 2. The van der Waals surface area contributed by atoms with Crippen LogP contribution < -0.4 is 0 Å². The molecule has 2 aromatic carbocycles. The first-order chi connectivity index (χ1) is 9.24. The molecule has 1 aromatic heterocycles. The molecule has 0 aliphatic rings. The number of nitrogens with zero attached hydrogens (tertiary/aromatic N) is 2. The SMILES string of the molecule is Cc1ccc2c(c1)c(/C=C/c1ccccc1)nn2C. The van der Waals surface area contributed by atoms with E-state index in [1.165, 1.54) is 22.0 Å². The van der Waals surface area contributed by atoms with Gasteiger partial charge in [0.25, 0.3) is 0 Å². The highest BCUT2D eigenvalue weighted by Gasteiger charge is 2.05. The summed E-state index contributed by atoms with van der Waals surface area (Å²) in [4.78, 5) is 0. The van der Waals surface area contributed by atoms with Crippen molar-refractivity contribution in [3.05, 3.63) is 65.4 Å². The second kappa shape index (κ2) is 4.73. The van der Waals surface area contributed by atoms with Gasteiger partial charge in [0.05, 0.1) is 11.2 Å². The molecule has 0 radical (unpaired) electrons. The van der Waals surface area contributed by atoms with Crippen LogP contribution in [0.15, 0.2) is 48.5 Å². The number of hydrogen-bond acceptors (Lipinski definition) is 1. The Labute approximate surface area is 113 Å². The van der Waals surface area contributed by atoms with Crippen molar-refractivity contribution in [2.24, 2.45) is 7.05 Å². The molecule has 1 heterocycles. The maximum Gasteiger partial charge on any atom is 0.0929 e. The summed E-state index contributed by atoms with van der Waals surface area (Å²) in [6.07, 6.45) is 4.18. The van der Waals surface area contributed by atoms with Crippen molar-refractivity contribution in [2.45, 2.75) is 6.92 Å². The molecule has 0 aliphatic carbocycles. The lowest BCUT2D eigenvalue weighted by molar-refractivity contribution is 0.793. The van der Waals surface area contributed by atoms with E-state index in [0.29, 0.717) is 0 Å². The molecule has 2 nitrogen and oxygen atoms in total. The van der Waals surface area contributed by atoms with Crippen LogP contribution in [0.3, 0.4) is 0 Å². The zero-order chi connectivity index (χ0) is 13.2. The standard InChI is InChI=1S/C17H16N2/c1-13-8-11-17-15(12-13)16(18-19(17)2)10-9-14-6-4-3-5-7-14/h3-12H,1-2H3/b10-9+. The van der Waals surface area contributed by atoms with Crippen molar-refractivity contribution < 1.29 is 0 Å². The molecule has 0 unspecified atom stereocenters. The van der Waals surface area contributed by atoms with Crippen LogP contribution in [0.5, 0.6) is 0 Å². The molecule has 3 aromatic rings. The first-order valence-corrected chi connectivity index (χ1v) is 6.40. The number of aromatic nitrogens is 2. The zero-order valence-corrected chi connectivity index (χ0v) is 11.2. The molecule has 0 saturated carbocycles. The Morgan fingerprint density at radius 1 is 1.00 bits per heavy atom.